The SMILES string of the molecule is O=C(Cc1ccccc1)N1CCC(N2CCCC(C(=O)N3CCOCC3)C2)CC1. The maximum absolute atomic E-state index is 12.9. The van der Waals surface area contributed by atoms with Crippen LogP contribution in [0.25, 0.3) is 0 Å². The third-order valence-electron chi connectivity index (χ3n) is 6.66. The predicted molar refractivity (Wildman–Crippen MR) is 111 cm³/mol. The molecule has 3 fully saturated rings. The fraction of sp³-hybridized carbons (Fsp3) is 0.652. The molecule has 1 atom stereocenters. The van der Waals surface area contributed by atoms with Crippen LogP contribution in [0.4, 0.5) is 0 Å². The van der Waals surface area contributed by atoms with Crippen molar-refractivity contribution >= 4 is 11.8 Å². The molecule has 1 aromatic rings. The fourth-order valence-corrected chi connectivity index (χ4v) is 4.94. The highest BCUT2D eigenvalue weighted by molar-refractivity contribution is 5.79. The molecule has 1 aromatic carbocycles. The minimum atomic E-state index is 0.125. The van der Waals surface area contributed by atoms with Crippen LogP contribution in [0.5, 0.6) is 0 Å². The molecular formula is C23H33N3O3. The van der Waals surface area contributed by atoms with Gasteiger partial charge in [-0.25, -0.2) is 0 Å². The maximum Gasteiger partial charge on any atom is 0.227 e. The lowest BCUT2D eigenvalue weighted by Crippen LogP contribution is -2.53. The molecule has 3 heterocycles. The van der Waals surface area contributed by atoms with Crippen LogP contribution >= 0.6 is 0 Å². The molecule has 3 saturated heterocycles. The summed E-state index contributed by atoms with van der Waals surface area (Å²) in [6, 6.07) is 10.5. The van der Waals surface area contributed by atoms with E-state index < -0.39 is 0 Å². The van der Waals surface area contributed by atoms with E-state index in [1.807, 2.05) is 40.1 Å². The largest absolute Gasteiger partial charge is 0.378 e. The Balaban J connectivity index is 1.25. The van der Waals surface area contributed by atoms with Gasteiger partial charge in [0.15, 0.2) is 0 Å². The van der Waals surface area contributed by atoms with Crippen LogP contribution in [-0.4, -0.2) is 85.0 Å². The maximum atomic E-state index is 12.9. The first-order chi connectivity index (χ1) is 14.2. The van der Waals surface area contributed by atoms with Crippen LogP contribution < -0.4 is 0 Å². The van der Waals surface area contributed by atoms with E-state index in [1.54, 1.807) is 0 Å². The normalized spacial score (nSPS) is 24.5. The molecule has 4 rings (SSSR count). The van der Waals surface area contributed by atoms with Crippen molar-refractivity contribution in [3.8, 4) is 0 Å². The molecule has 0 radical (unpaired) electrons. The second-order valence-electron chi connectivity index (χ2n) is 8.55. The standard InChI is InChI=1S/C23H33N3O3/c27-22(17-19-5-2-1-3-6-19)24-11-8-21(9-12-24)26-10-4-7-20(18-26)23(28)25-13-15-29-16-14-25/h1-3,5-6,20-21H,4,7-18H2. The zero-order valence-corrected chi connectivity index (χ0v) is 17.3. The average molecular weight is 400 g/mol. The summed E-state index contributed by atoms with van der Waals surface area (Å²) in [6.07, 6.45) is 4.61. The summed E-state index contributed by atoms with van der Waals surface area (Å²) >= 11 is 0. The summed E-state index contributed by atoms with van der Waals surface area (Å²) in [7, 11) is 0. The van der Waals surface area contributed by atoms with E-state index in [0.717, 1.165) is 70.5 Å². The Morgan fingerprint density at radius 3 is 2.34 bits per heavy atom. The van der Waals surface area contributed by atoms with Crippen molar-refractivity contribution in [3.05, 3.63) is 35.9 Å². The van der Waals surface area contributed by atoms with Gasteiger partial charge in [0, 0.05) is 38.8 Å². The Morgan fingerprint density at radius 1 is 0.897 bits per heavy atom. The van der Waals surface area contributed by atoms with Crippen molar-refractivity contribution in [1.29, 1.82) is 0 Å². The minimum Gasteiger partial charge on any atom is -0.378 e. The third-order valence-corrected chi connectivity index (χ3v) is 6.66. The molecule has 3 aliphatic heterocycles. The molecule has 0 spiro atoms. The molecule has 0 saturated carbocycles. The van der Waals surface area contributed by atoms with Gasteiger partial charge in [-0.15, -0.1) is 0 Å². The molecule has 29 heavy (non-hydrogen) atoms. The lowest BCUT2D eigenvalue weighted by Gasteiger charge is -2.43. The fourth-order valence-electron chi connectivity index (χ4n) is 4.94. The van der Waals surface area contributed by atoms with E-state index in [0.29, 0.717) is 31.6 Å². The van der Waals surface area contributed by atoms with Gasteiger partial charge in [-0.1, -0.05) is 30.3 Å². The minimum absolute atomic E-state index is 0.125. The highest BCUT2D eigenvalue weighted by Gasteiger charge is 2.34. The Bertz CT molecular complexity index is 682. The second-order valence-corrected chi connectivity index (χ2v) is 8.55. The Morgan fingerprint density at radius 2 is 1.62 bits per heavy atom. The summed E-state index contributed by atoms with van der Waals surface area (Å²) in [5.74, 6) is 0.668. The van der Waals surface area contributed by atoms with E-state index in [1.165, 1.54) is 0 Å². The molecule has 0 bridgehead atoms. The first kappa shape index (κ1) is 20.4. The quantitative estimate of drug-likeness (QED) is 0.775. The zero-order valence-electron chi connectivity index (χ0n) is 17.3. The zero-order chi connectivity index (χ0) is 20.1. The monoisotopic (exact) mass is 399 g/mol. The molecule has 0 aromatic heterocycles. The van der Waals surface area contributed by atoms with Crippen molar-refractivity contribution in [2.75, 3.05) is 52.5 Å². The average Bonchev–Trinajstić information content (AvgIpc) is 2.80. The number of benzene rings is 1. The smallest absolute Gasteiger partial charge is 0.227 e. The van der Waals surface area contributed by atoms with Gasteiger partial charge in [-0.2, -0.15) is 0 Å². The van der Waals surface area contributed by atoms with Crippen molar-refractivity contribution in [2.45, 2.75) is 38.1 Å². The van der Waals surface area contributed by atoms with Crippen LogP contribution in [0, 0.1) is 5.92 Å². The van der Waals surface area contributed by atoms with Crippen LogP contribution in [0.3, 0.4) is 0 Å². The van der Waals surface area contributed by atoms with Gasteiger partial charge >= 0.3 is 0 Å². The number of carbonyl (C=O) groups is 2. The van der Waals surface area contributed by atoms with E-state index in [2.05, 4.69) is 4.90 Å². The second kappa shape index (κ2) is 9.72. The predicted octanol–water partition coefficient (Wildman–Crippen LogP) is 1.79. The first-order valence-corrected chi connectivity index (χ1v) is 11.1. The van der Waals surface area contributed by atoms with Gasteiger partial charge in [0.25, 0.3) is 0 Å². The van der Waals surface area contributed by atoms with Gasteiger partial charge in [-0.05, 0) is 37.8 Å². The summed E-state index contributed by atoms with van der Waals surface area (Å²) in [5, 5.41) is 0. The van der Waals surface area contributed by atoms with Crippen molar-refractivity contribution in [1.82, 2.24) is 14.7 Å². The topological polar surface area (TPSA) is 53.1 Å². The summed E-state index contributed by atoms with van der Waals surface area (Å²) in [5.41, 5.74) is 1.08. The third kappa shape index (κ3) is 5.17. The Hall–Kier alpha value is -1.92. The number of ether oxygens (including phenoxy) is 1. The number of morpholine rings is 1. The molecule has 1 unspecified atom stereocenters. The molecule has 6 nitrogen and oxygen atoms in total. The summed E-state index contributed by atoms with van der Waals surface area (Å²) < 4.78 is 5.38. The highest BCUT2D eigenvalue weighted by Crippen LogP contribution is 2.25. The van der Waals surface area contributed by atoms with Gasteiger partial charge in [0.2, 0.25) is 11.8 Å². The molecule has 6 heteroatoms. The molecule has 0 aliphatic carbocycles. The lowest BCUT2D eigenvalue weighted by molar-refractivity contribution is -0.142. The van der Waals surface area contributed by atoms with E-state index in [4.69, 9.17) is 4.74 Å². The van der Waals surface area contributed by atoms with Crippen LogP contribution in [0.2, 0.25) is 0 Å². The number of piperidine rings is 2. The highest BCUT2D eigenvalue weighted by atomic mass is 16.5. The van der Waals surface area contributed by atoms with Crippen LogP contribution in [0.15, 0.2) is 30.3 Å². The van der Waals surface area contributed by atoms with Gasteiger partial charge in [-0.3, -0.25) is 14.5 Å². The summed E-state index contributed by atoms with van der Waals surface area (Å²) in [6.45, 7) is 6.40. The van der Waals surface area contributed by atoms with E-state index in [9.17, 15) is 9.59 Å². The van der Waals surface area contributed by atoms with Gasteiger partial charge in [0.05, 0.1) is 25.6 Å². The Labute approximate surface area is 173 Å². The Kier molecular flexibility index (Phi) is 6.82. The molecule has 3 aliphatic rings. The molecule has 158 valence electrons. The van der Waals surface area contributed by atoms with Gasteiger partial charge in [0.1, 0.15) is 0 Å². The van der Waals surface area contributed by atoms with Crippen molar-refractivity contribution in [3.63, 3.8) is 0 Å². The van der Waals surface area contributed by atoms with Crippen molar-refractivity contribution in [2.24, 2.45) is 5.92 Å². The number of nitrogens with zero attached hydrogens (tertiary/aromatic N) is 3. The number of likely N-dealkylation sites (tertiary alicyclic amines) is 2. The molecule has 0 N–H and O–H groups in total. The van der Waals surface area contributed by atoms with E-state index in [-0.39, 0.29) is 11.8 Å². The van der Waals surface area contributed by atoms with Crippen molar-refractivity contribution < 1.29 is 14.3 Å². The number of hydrogen-bond acceptors (Lipinski definition) is 4. The van der Waals surface area contributed by atoms with Crippen LogP contribution in [-0.2, 0) is 20.7 Å². The molecular weight excluding hydrogens is 366 g/mol. The summed E-state index contributed by atoms with van der Waals surface area (Å²) in [4.78, 5) is 32.0. The number of hydrogen-bond donors (Lipinski definition) is 0. The lowest BCUT2D eigenvalue weighted by atomic mass is 9.92. The molecule has 2 amide bonds. The number of amides is 2. The number of rotatable bonds is 4. The van der Waals surface area contributed by atoms with Crippen LogP contribution in [0.1, 0.15) is 31.2 Å². The van der Waals surface area contributed by atoms with E-state index >= 15 is 0 Å². The van der Waals surface area contributed by atoms with Gasteiger partial charge < -0.3 is 14.5 Å². The first-order valence-electron chi connectivity index (χ1n) is 11.1. The number of carbonyl (C=O) groups excluding carboxylic acids is 2.